The molecular formula is C8H17N3O4S2. The van der Waals surface area contributed by atoms with Crippen LogP contribution in [0.4, 0.5) is 0 Å². The molecule has 0 radical (unpaired) electrons. The fourth-order valence-corrected chi connectivity index (χ4v) is 2.56. The third kappa shape index (κ3) is 8.00. The summed E-state index contributed by atoms with van der Waals surface area (Å²) in [6.07, 6.45) is 1.85. The fraction of sp³-hybridized carbons (Fsp3) is 0.750. The largest absolute Gasteiger partial charge is 0.480 e. The molecule has 0 aromatic heterocycles. The van der Waals surface area contributed by atoms with Crippen LogP contribution in [0.25, 0.3) is 0 Å². The minimum atomic E-state index is -3.51. The van der Waals surface area contributed by atoms with Gasteiger partial charge in [-0.2, -0.15) is 11.8 Å². The maximum Gasteiger partial charge on any atom is 0.321 e. The van der Waals surface area contributed by atoms with E-state index in [2.05, 4.69) is 4.99 Å². The molecular weight excluding hydrogens is 266 g/mol. The Labute approximate surface area is 105 Å². The molecule has 0 saturated carbocycles. The van der Waals surface area contributed by atoms with Crippen molar-refractivity contribution in [2.75, 3.05) is 30.1 Å². The summed E-state index contributed by atoms with van der Waals surface area (Å²) >= 11 is 1.48. The van der Waals surface area contributed by atoms with Crippen molar-refractivity contribution < 1.29 is 18.3 Å². The molecule has 0 saturated heterocycles. The lowest BCUT2D eigenvalue weighted by atomic mass is 10.4. The van der Waals surface area contributed by atoms with Gasteiger partial charge < -0.3 is 16.6 Å². The number of nitrogens with two attached hydrogens (primary N) is 2. The third-order valence-electron chi connectivity index (χ3n) is 1.76. The standard InChI is InChI=1S/C8H17N3O4S2/c1-16-4-7(10)11-2-3-17(14,15)5-6(9)8(12)13/h6H,2-5,9H2,1H3,(H2,10,11)(H,12,13). The summed E-state index contributed by atoms with van der Waals surface area (Å²) in [4.78, 5) is 14.3. The summed E-state index contributed by atoms with van der Waals surface area (Å²) in [6.45, 7) is 0.0288. The fourth-order valence-electron chi connectivity index (χ4n) is 0.950. The van der Waals surface area contributed by atoms with E-state index in [0.29, 0.717) is 11.6 Å². The van der Waals surface area contributed by atoms with E-state index in [1.165, 1.54) is 11.8 Å². The Morgan fingerprint density at radius 3 is 2.59 bits per heavy atom. The first kappa shape index (κ1) is 16.2. The summed E-state index contributed by atoms with van der Waals surface area (Å²) in [5, 5.41) is 8.49. The number of nitrogens with zero attached hydrogens (tertiary/aromatic N) is 1. The maximum absolute atomic E-state index is 11.4. The van der Waals surface area contributed by atoms with Gasteiger partial charge in [-0.3, -0.25) is 9.79 Å². The molecule has 0 aliphatic rings. The average molecular weight is 283 g/mol. The van der Waals surface area contributed by atoms with Crippen molar-refractivity contribution in [3.8, 4) is 0 Å². The number of hydrogen-bond acceptors (Lipinski definition) is 6. The zero-order valence-corrected chi connectivity index (χ0v) is 11.1. The number of rotatable bonds is 8. The van der Waals surface area contributed by atoms with E-state index in [1.807, 2.05) is 6.26 Å². The van der Waals surface area contributed by atoms with E-state index in [0.717, 1.165) is 0 Å². The van der Waals surface area contributed by atoms with Crippen LogP contribution in [0.15, 0.2) is 4.99 Å². The number of hydrogen-bond donors (Lipinski definition) is 3. The highest BCUT2D eigenvalue weighted by Crippen LogP contribution is 1.95. The van der Waals surface area contributed by atoms with Crippen molar-refractivity contribution in [2.24, 2.45) is 16.5 Å². The Morgan fingerprint density at radius 1 is 1.53 bits per heavy atom. The zero-order valence-electron chi connectivity index (χ0n) is 9.50. The first-order chi connectivity index (χ1) is 7.78. The summed E-state index contributed by atoms with van der Waals surface area (Å²) in [5.41, 5.74) is 10.6. The molecule has 0 amide bonds. The van der Waals surface area contributed by atoms with Gasteiger partial charge in [-0.1, -0.05) is 0 Å². The molecule has 0 aromatic rings. The van der Waals surface area contributed by atoms with Crippen molar-refractivity contribution in [3.63, 3.8) is 0 Å². The molecule has 0 heterocycles. The number of sulfone groups is 1. The summed E-state index contributed by atoms with van der Waals surface area (Å²) in [7, 11) is -3.51. The highest BCUT2D eigenvalue weighted by atomic mass is 32.2. The summed E-state index contributed by atoms with van der Waals surface area (Å²) in [5.74, 6) is -1.26. The van der Waals surface area contributed by atoms with Crippen LogP contribution in [-0.2, 0) is 14.6 Å². The Bertz CT molecular complexity index is 380. The lowest BCUT2D eigenvalue weighted by molar-refractivity contribution is -0.137. The van der Waals surface area contributed by atoms with Gasteiger partial charge in [0.25, 0.3) is 0 Å². The molecule has 1 unspecified atom stereocenters. The van der Waals surface area contributed by atoms with Crippen LogP contribution in [0.5, 0.6) is 0 Å². The number of aliphatic carboxylic acids is 1. The highest BCUT2D eigenvalue weighted by molar-refractivity contribution is 7.99. The quantitative estimate of drug-likeness (QED) is 0.365. The predicted octanol–water partition coefficient (Wildman–Crippen LogP) is -1.47. The molecule has 0 bridgehead atoms. The molecule has 0 spiro atoms. The second kappa shape index (κ2) is 7.51. The summed E-state index contributed by atoms with van der Waals surface area (Å²) < 4.78 is 22.9. The highest BCUT2D eigenvalue weighted by Gasteiger charge is 2.20. The van der Waals surface area contributed by atoms with Crippen LogP contribution in [0.1, 0.15) is 0 Å². The van der Waals surface area contributed by atoms with Crippen molar-refractivity contribution in [1.29, 1.82) is 0 Å². The molecule has 0 aliphatic carbocycles. The molecule has 1 atom stereocenters. The minimum Gasteiger partial charge on any atom is -0.480 e. The van der Waals surface area contributed by atoms with Crippen LogP contribution in [-0.4, -0.2) is 61.4 Å². The molecule has 17 heavy (non-hydrogen) atoms. The smallest absolute Gasteiger partial charge is 0.321 e. The van der Waals surface area contributed by atoms with Crippen LogP contribution >= 0.6 is 11.8 Å². The van der Waals surface area contributed by atoms with Crippen molar-refractivity contribution in [1.82, 2.24) is 0 Å². The van der Waals surface area contributed by atoms with Crippen molar-refractivity contribution >= 4 is 33.4 Å². The lowest BCUT2D eigenvalue weighted by Gasteiger charge is -2.06. The Kier molecular flexibility index (Phi) is 7.16. The van der Waals surface area contributed by atoms with E-state index in [9.17, 15) is 13.2 Å². The zero-order chi connectivity index (χ0) is 13.5. The molecule has 0 aliphatic heterocycles. The SMILES string of the molecule is CSCC(N)=NCCS(=O)(=O)CC(N)C(=O)O. The minimum absolute atomic E-state index is 0.0288. The summed E-state index contributed by atoms with van der Waals surface area (Å²) in [6, 6.07) is -1.40. The predicted molar refractivity (Wildman–Crippen MR) is 69.1 cm³/mol. The maximum atomic E-state index is 11.4. The molecule has 100 valence electrons. The van der Waals surface area contributed by atoms with Gasteiger partial charge in [-0.05, 0) is 6.26 Å². The van der Waals surface area contributed by atoms with Gasteiger partial charge >= 0.3 is 5.97 Å². The molecule has 7 nitrogen and oxygen atoms in total. The Morgan fingerprint density at radius 2 is 2.12 bits per heavy atom. The number of carbonyl (C=O) groups is 1. The molecule has 0 fully saturated rings. The topological polar surface area (TPSA) is 136 Å². The normalized spacial score (nSPS) is 14.6. The van der Waals surface area contributed by atoms with Gasteiger partial charge in [-0.15, -0.1) is 0 Å². The number of thioether (sulfide) groups is 1. The molecule has 0 aromatic carbocycles. The van der Waals surface area contributed by atoms with E-state index < -0.39 is 27.6 Å². The number of carboxylic acids is 1. The van der Waals surface area contributed by atoms with Crippen LogP contribution in [0.3, 0.4) is 0 Å². The van der Waals surface area contributed by atoms with E-state index in [-0.39, 0.29) is 12.3 Å². The van der Waals surface area contributed by atoms with Crippen LogP contribution in [0, 0.1) is 0 Å². The number of aliphatic imine (C=N–C) groups is 1. The lowest BCUT2D eigenvalue weighted by Crippen LogP contribution is -2.38. The van der Waals surface area contributed by atoms with Gasteiger partial charge in [0.05, 0.1) is 23.8 Å². The van der Waals surface area contributed by atoms with Gasteiger partial charge in [0.2, 0.25) is 0 Å². The van der Waals surface area contributed by atoms with Crippen LogP contribution in [0.2, 0.25) is 0 Å². The van der Waals surface area contributed by atoms with Gasteiger partial charge in [-0.25, -0.2) is 8.42 Å². The van der Waals surface area contributed by atoms with Crippen molar-refractivity contribution in [2.45, 2.75) is 6.04 Å². The Balaban J connectivity index is 4.20. The van der Waals surface area contributed by atoms with E-state index in [4.69, 9.17) is 16.6 Å². The van der Waals surface area contributed by atoms with Gasteiger partial charge in [0.1, 0.15) is 11.9 Å². The third-order valence-corrected chi connectivity index (χ3v) is 4.02. The molecule has 9 heteroatoms. The number of amidine groups is 1. The first-order valence-electron chi connectivity index (χ1n) is 4.75. The molecule has 5 N–H and O–H groups in total. The van der Waals surface area contributed by atoms with E-state index >= 15 is 0 Å². The average Bonchev–Trinajstić information content (AvgIpc) is 2.16. The van der Waals surface area contributed by atoms with Gasteiger partial charge in [0.15, 0.2) is 9.84 Å². The van der Waals surface area contributed by atoms with E-state index in [1.54, 1.807) is 0 Å². The Hall–Kier alpha value is -0.800. The van der Waals surface area contributed by atoms with Crippen molar-refractivity contribution in [3.05, 3.63) is 0 Å². The monoisotopic (exact) mass is 283 g/mol. The number of carboxylic acid groups (broad SMARTS) is 1. The van der Waals surface area contributed by atoms with Gasteiger partial charge in [0, 0.05) is 0 Å². The van der Waals surface area contributed by atoms with Crippen LogP contribution < -0.4 is 11.5 Å². The second-order valence-electron chi connectivity index (χ2n) is 3.37. The molecule has 0 rings (SSSR count). The second-order valence-corrected chi connectivity index (χ2v) is 6.46. The first-order valence-corrected chi connectivity index (χ1v) is 7.96.